The van der Waals surface area contributed by atoms with E-state index >= 15 is 4.39 Å². The number of carbonyl (C=O) groups is 2. The molecule has 0 saturated carbocycles. The lowest BCUT2D eigenvalue weighted by molar-refractivity contribution is -0.129. The molecule has 4 rings (SSSR count). The van der Waals surface area contributed by atoms with Gasteiger partial charge in [-0.3, -0.25) is 14.4 Å². The van der Waals surface area contributed by atoms with Gasteiger partial charge in [-0.15, -0.1) is 0 Å². The minimum Gasteiger partial charge on any atom is -0.366 e. The van der Waals surface area contributed by atoms with Crippen LogP contribution >= 0.6 is 0 Å². The van der Waals surface area contributed by atoms with Gasteiger partial charge in [0, 0.05) is 51.2 Å². The van der Waals surface area contributed by atoms with Gasteiger partial charge < -0.3 is 14.4 Å². The summed E-state index contributed by atoms with van der Waals surface area (Å²) < 4.78 is 16.9. The summed E-state index contributed by atoms with van der Waals surface area (Å²) in [6, 6.07) is 7.08. The van der Waals surface area contributed by atoms with E-state index in [9.17, 15) is 24.0 Å². The van der Waals surface area contributed by atoms with Crippen LogP contribution in [0.25, 0.3) is 17.0 Å². The number of ketones is 1. The molecule has 1 amide bonds. The van der Waals surface area contributed by atoms with Gasteiger partial charge in [-0.25, -0.2) is 14.0 Å². The smallest absolute Gasteiger partial charge is 0.219 e. The Labute approximate surface area is 211 Å². The highest BCUT2D eigenvalue weighted by molar-refractivity contribution is 6.08. The number of aryl methyl sites for hydroxylation is 1. The SMILES string of the molecule is CCn1cc(C(=O)C=Cc2ccc(=C=O)c(=C=O)c2)c(=O)c2cc(F)c(N3CCN(C(C)=O)CC3)cc21. The Kier molecular flexibility index (Phi) is 7.30. The molecule has 1 aliphatic heterocycles. The molecule has 8 nitrogen and oxygen atoms in total. The van der Waals surface area contributed by atoms with Crippen LogP contribution in [0.2, 0.25) is 0 Å². The molecule has 2 aromatic carbocycles. The number of piperazine rings is 1. The number of carbonyl (C=O) groups excluding carboxylic acids is 4. The van der Waals surface area contributed by atoms with Gasteiger partial charge in [-0.05, 0) is 42.8 Å². The van der Waals surface area contributed by atoms with E-state index in [0.717, 1.165) is 6.07 Å². The Hall–Kier alpha value is -4.58. The van der Waals surface area contributed by atoms with E-state index in [0.29, 0.717) is 49.5 Å². The highest BCUT2D eigenvalue weighted by Gasteiger charge is 2.23. The summed E-state index contributed by atoms with van der Waals surface area (Å²) in [6.45, 7) is 5.69. The maximum Gasteiger partial charge on any atom is 0.219 e. The third kappa shape index (κ3) is 5.05. The number of fused-ring (bicyclic) bond motifs is 1. The fourth-order valence-corrected chi connectivity index (χ4v) is 4.44. The number of halogens is 1. The molecule has 0 bridgehead atoms. The summed E-state index contributed by atoms with van der Waals surface area (Å²) in [5.74, 6) is 2.11. The number of aromatic nitrogens is 1. The van der Waals surface area contributed by atoms with Gasteiger partial charge in [0.25, 0.3) is 0 Å². The summed E-state index contributed by atoms with van der Waals surface area (Å²) >= 11 is 0. The Balaban J connectivity index is 1.71. The quantitative estimate of drug-likeness (QED) is 0.378. The zero-order valence-corrected chi connectivity index (χ0v) is 20.4. The van der Waals surface area contributed by atoms with Crippen LogP contribution in [-0.2, 0) is 20.9 Å². The van der Waals surface area contributed by atoms with Crippen molar-refractivity contribution in [3.63, 3.8) is 0 Å². The fraction of sp³-hybridized carbons (Fsp3) is 0.250. The van der Waals surface area contributed by atoms with E-state index in [1.54, 1.807) is 27.4 Å². The van der Waals surface area contributed by atoms with Crippen LogP contribution in [0.3, 0.4) is 0 Å². The number of rotatable bonds is 5. The molecule has 1 aromatic heterocycles. The fourth-order valence-electron chi connectivity index (χ4n) is 4.44. The molecule has 1 saturated heterocycles. The van der Waals surface area contributed by atoms with Gasteiger partial charge >= 0.3 is 0 Å². The zero-order chi connectivity index (χ0) is 26.7. The summed E-state index contributed by atoms with van der Waals surface area (Å²) in [4.78, 5) is 63.2. The van der Waals surface area contributed by atoms with Crippen molar-refractivity contribution in [1.82, 2.24) is 9.47 Å². The highest BCUT2D eigenvalue weighted by Crippen LogP contribution is 2.26. The summed E-state index contributed by atoms with van der Waals surface area (Å²) in [5, 5.41) is 0.159. The molecule has 1 aliphatic rings. The maximum atomic E-state index is 15.2. The van der Waals surface area contributed by atoms with E-state index in [2.05, 4.69) is 0 Å². The summed E-state index contributed by atoms with van der Waals surface area (Å²) in [7, 11) is 0. The van der Waals surface area contributed by atoms with Crippen LogP contribution in [0.5, 0.6) is 0 Å². The first-order chi connectivity index (χ1) is 17.8. The molecule has 0 N–H and O–H groups in total. The molecule has 188 valence electrons. The Morgan fingerprint density at radius 2 is 1.73 bits per heavy atom. The van der Waals surface area contributed by atoms with E-state index in [-0.39, 0.29) is 27.3 Å². The first-order valence-electron chi connectivity index (χ1n) is 11.8. The third-order valence-corrected chi connectivity index (χ3v) is 6.51. The van der Waals surface area contributed by atoms with Crippen molar-refractivity contribution in [3.8, 4) is 0 Å². The van der Waals surface area contributed by atoms with Crippen molar-refractivity contribution in [3.05, 3.63) is 80.2 Å². The summed E-state index contributed by atoms with van der Waals surface area (Å²) in [5.41, 5.74) is 0.602. The molecule has 1 fully saturated rings. The van der Waals surface area contributed by atoms with Gasteiger partial charge in [0.15, 0.2) is 5.78 Å². The maximum absolute atomic E-state index is 15.2. The number of hydrogen-bond acceptors (Lipinski definition) is 6. The zero-order valence-electron chi connectivity index (χ0n) is 20.4. The lowest BCUT2D eigenvalue weighted by Crippen LogP contribution is -2.48. The number of anilines is 1. The second kappa shape index (κ2) is 10.6. The van der Waals surface area contributed by atoms with Crippen molar-refractivity contribution in [2.45, 2.75) is 20.4 Å². The molecular weight excluding hydrogens is 477 g/mol. The van der Waals surface area contributed by atoms with E-state index in [1.807, 2.05) is 11.8 Å². The van der Waals surface area contributed by atoms with Crippen LogP contribution in [0.1, 0.15) is 29.8 Å². The molecule has 0 spiro atoms. The monoisotopic (exact) mass is 501 g/mol. The van der Waals surface area contributed by atoms with E-state index in [1.165, 1.54) is 43.5 Å². The van der Waals surface area contributed by atoms with Gasteiger partial charge in [-0.2, -0.15) is 0 Å². The predicted molar refractivity (Wildman–Crippen MR) is 137 cm³/mol. The standard InChI is InChI=1S/C28H24FN3O5/c1-3-30-15-23(27(36)7-5-19-4-6-20(16-33)21(12-19)17-34)28(37)22-13-24(29)26(14-25(22)30)32-10-8-31(9-11-32)18(2)35/h4-7,12-15H,3,8-11H2,1-2H3. The number of pyridine rings is 1. The van der Waals surface area contributed by atoms with Crippen LogP contribution in [0, 0.1) is 5.82 Å². The minimum atomic E-state index is -0.589. The number of nitrogens with zero attached hydrogens (tertiary/aromatic N) is 3. The lowest BCUT2D eigenvalue weighted by atomic mass is 10.1. The lowest BCUT2D eigenvalue weighted by Gasteiger charge is -2.36. The first-order valence-corrected chi connectivity index (χ1v) is 11.8. The topological polar surface area (TPSA) is 96.8 Å². The number of hydrogen-bond donors (Lipinski definition) is 0. The third-order valence-electron chi connectivity index (χ3n) is 6.51. The highest BCUT2D eigenvalue weighted by atomic mass is 19.1. The van der Waals surface area contributed by atoms with Crippen molar-refractivity contribution < 1.29 is 23.6 Å². The van der Waals surface area contributed by atoms with Crippen LogP contribution in [0.15, 0.2) is 47.4 Å². The Morgan fingerprint density at radius 1 is 1.03 bits per heavy atom. The Bertz CT molecular complexity index is 1670. The normalized spacial score (nSPS) is 13.6. The molecule has 0 aliphatic carbocycles. The largest absolute Gasteiger partial charge is 0.366 e. The van der Waals surface area contributed by atoms with Gasteiger partial charge in [0.2, 0.25) is 11.3 Å². The van der Waals surface area contributed by atoms with Crippen LogP contribution in [0.4, 0.5) is 10.1 Å². The molecule has 0 unspecified atom stereocenters. The molecule has 0 atom stereocenters. The number of benzene rings is 2. The molecule has 37 heavy (non-hydrogen) atoms. The Morgan fingerprint density at radius 3 is 2.35 bits per heavy atom. The van der Waals surface area contributed by atoms with Crippen molar-refractivity contribution in [1.29, 1.82) is 0 Å². The second-order valence-corrected chi connectivity index (χ2v) is 8.68. The number of amides is 1. The van der Waals surface area contributed by atoms with Crippen LogP contribution < -0.4 is 20.8 Å². The van der Waals surface area contributed by atoms with Crippen molar-refractivity contribution in [2.24, 2.45) is 0 Å². The molecule has 2 heterocycles. The van der Waals surface area contributed by atoms with Crippen molar-refractivity contribution >= 4 is 46.2 Å². The molecule has 0 radical (unpaired) electrons. The van der Waals surface area contributed by atoms with Gasteiger partial charge in [-0.1, -0.05) is 12.1 Å². The second-order valence-electron chi connectivity index (χ2n) is 8.68. The van der Waals surface area contributed by atoms with Crippen molar-refractivity contribution in [2.75, 3.05) is 31.1 Å². The van der Waals surface area contributed by atoms with Gasteiger partial charge in [0.1, 0.15) is 17.7 Å². The van der Waals surface area contributed by atoms with Crippen LogP contribution in [-0.4, -0.2) is 59.2 Å². The predicted octanol–water partition coefficient (Wildman–Crippen LogP) is 0.732. The first kappa shape index (κ1) is 25.5. The molecule has 9 heteroatoms. The average molecular weight is 502 g/mol. The van der Waals surface area contributed by atoms with E-state index in [4.69, 9.17) is 0 Å². The van der Waals surface area contributed by atoms with Gasteiger partial charge in [0.05, 0.1) is 27.2 Å². The summed E-state index contributed by atoms with van der Waals surface area (Å²) in [6.07, 6.45) is 4.07. The molecular formula is C28H24FN3O5. The molecule has 3 aromatic rings. The average Bonchev–Trinajstić information content (AvgIpc) is 2.91. The minimum absolute atomic E-state index is 0.0117. The number of allylic oxidation sites excluding steroid dienone is 1. The van der Waals surface area contributed by atoms with E-state index < -0.39 is 17.0 Å².